The van der Waals surface area contributed by atoms with E-state index >= 15 is 0 Å². The summed E-state index contributed by atoms with van der Waals surface area (Å²) in [7, 11) is -4.81. The van der Waals surface area contributed by atoms with E-state index in [1.807, 2.05) is 0 Å². The average Bonchev–Trinajstić information content (AvgIpc) is 2.76. The maximum absolute atomic E-state index is 12.6. The van der Waals surface area contributed by atoms with Crippen molar-refractivity contribution in [3.63, 3.8) is 0 Å². The Morgan fingerprint density at radius 1 is 1.40 bits per heavy atom. The number of amides is 1. The summed E-state index contributed by atoms with van der Waals surface area (Å²) in [5, 5.41) is 6.89. The van der Waals surface area contributed by atoms with E-state index in [1.54, 1.807) is 0 Å². The number of halogens is 4. The third-order valence-corrected chi connectivity index (χ3v) is 5.21. The number of phosphoric ester groups is 1. The number of phosphoric acid groups is 1. The van der Waals surface area contributed by atoms with Gasteiger partial charge < -0.3 is 15.1 Å². The van der Waals surface area contributed by atoms with Crippen LogP contribution in [0.25, 0.3) is 0 Å². The highest BCUT2D eigenvalue weighted by molar-refractivity contribution is 9.10. The number of carbonyl (C=O) groups is 1. The molecule has 1 amide bonds. The molecule has 1 unspecified atom stereocenters. The molecule has 13 heteroatoms. The van der Waals surface area contributed by atoms with E-state index in [1.165, 1.54) is 25.1 Å². The lowest BCUT2D eigenvalue weighted by molar-refractivity contribution is 0.0803. The summed E-state index contributed by atoms with van der Waals surface area (Å²) < 4.78 is 16.6. The van der Waals surface area contributed by atoms with Gasteiger partial charge in [0.05, 0.1) is 15.2 Å². The first-order valence-corrected chi connectivity index (χ1v) is 9.89. The van der Waals surface area contributed by atoms with Crippen molar-refractivity contribution in [3.05, 3.63) is 43.6 Å². The van der Waals surface area contributed by atoms with Crippen molar-refractivity contribution in [2.24, 2.45) is 0 Å². The zero-order valence-corrected chi connectivity index (χ0v) is 17.0. The molecule has 25 heavy (non-hydrogen) atoms. The largest absolute Gasteiger partial charge is 0.471 e. The SMILES string of the molecule is CC(OP(=O)(O)O)n1nc(Cl)c(Br)c1C(=O)Nc1ccc(Cl)cc1Cl. The second-order valence-electron chi connectivity index (χ2n) is 4.67. The first kappa shape index (κ1) is 20.7. The number of nitrogens with one attached hydrogen (secondary N) is 1. The van der Waals surface area contributed by atoms with Gasteiger partial charge in [-0.1, -0.05) is 34.8 Å². The summed E-state index contributed by atoms with van der Waals surface area (Å²) in [6.45, 7) is 1.29. The number of benzene rings is 1. The first-order valence-electron chi connectivity index (χ1n) is 6.43. The normalized spacial score (nSPS) is 12.9. The van der Waals surface area contributed by atoms with Gasteiger partial charge in [-0.05, 0) is 41.1 Å². The van der Waals surface area contributed by atoms with Crippen LogP contribution >= 0.6 is 58.6 Å². The summed E-state index contributed by atoms with van der Waals surface area (Å²) in [6, 6.07) is 4.47. The van der Waals surface area contributed by atoms with Crippen molar-refractivity contribution in [2.75, 3.05) is 5.32 Å². The first-order chi connectivity index (χ1) is 11.5. The zero-order valence-electron chi connectivity index (χ0n) is 12.3. The van der Waals surface area contributed by atoms with Crippen molar-refractivity contribution in [1.82, 2.24) is 9.78 Å². The zero-order chi connectivity index (χ0) is 18.9. The molecule has 2 rings (SSSR count). The number of carbonyl (C=O) groups excluding carboxylic acids is 1. The minimum Gasteiger partial charge on any atom is -0.319 e. The highest BCUT2D eigenvalue weighted by atomic mass is 79.9. The Bertz CT molecular complexity index is 872. The van der Waals surface area contributed by atoms with Crippen LogP contribution in [0.1, 0.15) is 23.6 Å². The predicted octanol–water partition coefficient (Wildman–Crippen LogP) is 4.49. The van der Waals surface area contributed by atoms with E-state index < -0.39 is 20.0 Å². The van der Waals surface area contributed by atoms with E-state index in [-0.39, 0.29) is 26.0 Å². The second kappa shape index (κ2) is 7.94. The predicted molar refractivity (Wildman–Crippen MR) is 97.2 cm³/mol. The summed E-state index contributed by atoms with van der Waals surface area (Å²) in [5.74, 6) is -0.684. The van der Waals surface area contributed by atoms with Gasteiger partial charge in [-0.15, -0.1) is 0 Å². The van der Waals surface area contributed by atoms with Crippen molar-refractivity contribution >= 4 is 70.2 Å². The molecule has 3 N–H and O–H groups in total. The van der Waals surface area contributed by atoms with Gasteiger partial charge in [0, 0.05) is 5.02 Å². The minimum absolute atomic E-state index is 0.0893. The fourth-order valence-electron chi connectivity index (χ4n) is 1.87. The lowest BCUT2D eigenvalue weighted by atomic mass is 10.3. The van der Waals surface area contributed by atoms with Crippen LogP contribution in [0.2, 0.25) is 15.2 Å². The van der Waals surface area contributed by atoms with Gasteiger partial charge in [0.1, 0.15) is 5.69 Å². The summed E-state index contributed by atoms with van der Waals surface area (Å²) in [5.41, 5.74) is 0.160. The van der Waals surface area contributed by atoms with Gasteiger partial charge in [0.15, 0.2) is 11.4 Å². The molecule has 1 aromatic heterocycles. The Labute approximate surface area is 165 Å². The Balaban J connectivity index is 2.37. The van der Waals surface area contributed by atoms with Crippen molar-refractivity contribution < 1.29 is 23.7 Å². The van der Waals surface area contributed by atoms with Crippen LogP contribution in [-0.4, -0.2) is 25.5 Å². The van der Waals surface area contributed by atoms with E-state index in [2.05, 4.69) is 30.9 Å². The average molecular weight is 493 g/mol. The fourth-order valence-corrected chi connectivity index (χ4v) is 3.42. The van der Waals surface area contributed by atoms with Gasteiger partial charge in [-0.3, -0.25) is 9.32 Å². The van der Waals surface area contributed by atoms with E-state index in [0.29, 0.717) is 5.02 Å². The Morgan fingerprint density at radius 3 is 2.60 bits per heavy atom. The van der Waals surface area contributed by atoms with Crippen LogP contribution in [0.3, 0.4) is 0 Å². The van der Waals surface area contributed by atoms with E-state index in [4.69, 9.17) is 44.6 Å². The molecule has 1 atom stereocenters. The van der Waals surface area contributed by atoms with E-state index in [0.717, 1.165) is 4.68 Å². The van der Waals surface area contributed by atoms with Gasteiger partial charge in [0.2, 0.25) is 0 Å². The topological polar surface area (TPSA) is 114 Å². The van der Waals surface area contributed by atoms with Gasteiger partial charge in [-0.25, -0.2) is 9.25 Å². The molecule has 0 bridgehead atoms. The van der Waals surface area contributed by atoms with Crippen LogP contribution in [0, 0.1) is 0 Å². The number of hydrogen-bond donors (Lipinski definition) is 3. The number of aromatic nitrogens is 2. The molecule has 0 aliphatic rings. The number of nitrogens with zero attached hydrogens (tertiary/aromatic N) is 2. The molecule has 0 aliphatic carbocycles. The summed E-state index contributed by atoms with van der Waals surface area (Å²) >= 11 is 20.8. The van der Waals surface area contributed by atoms with Gasteiger partial charge >= 0.3 is 7.82 Å². The number of hydrogen-bond acceptors (Lipinski definition) is 4. The van der Waals surface area contributed by atoms with Crippen LogP contribution in [0.5, 0.6) is 0 Å². The standard InChI is InChI=1S/C12H10BrCl3N3O5P/c1-5(24-25(21,22)23)19-10(9(13)11(16)18-19)12(20)17-8-3-2-6(14)4-7(8)15/h2-5H,1H3,(H,17,20)(H2,21,22,23). The molecule has 1 aromatic carbocycles. The summed E-state index contributed by atoms with van der Waals surface area (Å²) in [4.78, 5) is 30.4. The quantitative estimate of drug-likeness (QED) is 0.529. The molecule has 2 aromatic rings. The molecular weight excluding hydrogens is 483 g/mol. The van der Waals surface area contributed by atoms with Gasteiger partial charge in [-0.2, -0.15) is 5.10 Å². The summed E-state index contributed by atoms with van der Waals surface area (Å²) in [6.07, 6.45) is -1.27. The fraction of sp³-hybridized carbons (Fsp3) is 0.167. The molecule has 0 fully saturated rings. The highest BCUT2D eigenvalue weighted by Gasteiger charge is 2.28. The second-order valence-corrected chi connectivity index (χ2v) is 7.86. The Hall–Kier alpha value is -0.640. The van der Waals surface area contributed by atoms with Crippen molar-refractivity contribution in [2.45, 2.75) is 13.2 Å². The molecule has 0 radical (unpaired) electrons. The molecule has 136 valence electrons. The van der Waals surface area contributed by atoms with E-state index in [9.17, 15) is 9.36 Å². The number of anilines is 1. The third kappa shape index (κ3) is 5.18. The Kier molecular flexibility index (Phi) is 6.56. The molecular formula is C12H10BrCl3N3O5P. The lowest BCUT2D eigenvalue weighted by Crippen LogP contribution is -2.21. The minimum atomic E-state index is -4.81. The smallest absolute Gasteiger partial charge is 0.319 e. The van der Waals surface area contributed by atoms with Crippen molar-refractivity contribution in [3.8, 4) is 0 Å². The lowest BCUT2D eigenvalue weighted by Gasteiger charge is -2.17. The van der Waals surface area contributed by atoms with Crippen LogP contribution in [0.15, 0.2) is 22.7 Å². The molecule has 0 spiro atoms. The van der Waals surface area contributed by atoms with Crippen molar-refractivity contribution in [1.29, 1.82) is 0 Å². The maximum atomic E-state index is 12.6. The van der Waals surface area contributed by atoms with Gasteiger partial charge in [0.25, 0.3) is 5.91 Å². The molecule has 8 nitrogen and oxygen atoms in total. The Morgan fingerprint density at radius 2 is 2.04 bits per heavy atom. The third-order valence-electron chi connectivity index (χ3n) is 2.84. The highest BCUT2D eigenvalue weighted by Crippen LogP contribution is 2.41. The van der Waals surface area contributed by atoms with Crippen LogP contribution in [-0.2, 0) is 9.09 Å². The number of rotatable bonds is 5. The molecule has 0 saturated carbocycles. The molecule has 0 saturated heterocycles. The monoisotopic (exact) mass is 491 g/mol. The molecule has 0 aliphatic heterocycles. The maximum Gasteiger partial charge on any atom is 0.471 e. The van der Waals surface area contributed by atoms with Crippen LogP contribution in [0.4, 0.5) is 5.69 Å². The van der Waals surface area contributed by atoms with Crippen LogP contribution < -0.4 is 5.32 Å². The molecule has 1 heterocycles.